The molecular formula is C17H21BrN2O2S. The molecule has 0 aromatic carbocycles. The normalized spacial score (nSPS) is 11.0. The molecule has 0 saturated carbocycles. The lowest BCUT2D eigenvalue weighted by atomic mass is 10.2. The highest BCUT2D eigenvalue weighted by molar-refractivity contribution is 9.10. The standard InChI is InChI=1S/C17H21BrN2O2S/c1-12-9-15(13(2)20(12)7-4-8-22-3)16(21)11-23-17-6-5-14(18)10-19-17/h5-6,9-10H,4,7-8,11H2,1-3H3. The number of methoxy groups -OCH3 is 1. The number of halogens is 1. The molecule has 0 unspecified atom stereocenters. The van der Waals surface area contributed by atoms with E-state index in [2.05, 4.69) is 25.5 Å². The summed E-state index contributed by atoms with van der Waals surface area (Å²) in [4.78, 5) is 16.8. The molecule has 2 heterocycles. The molecule has 6 heteroatoms. The Hall–Kier alpha value is -1.11. The summed E-state index contributed by atoms with van der Waals surface area (Å²) < 4.78 is 8.23. The van der Waals surface area contributed by atoms with Crippen LogP contribution >= 0.6 is 27.7 Å². The van der Waals surface area contributed by atoms with Crippen molar-refractivity contribution in [3.63, 3.8) is 0 Å². The minimum Gasteiger partial charge on any atom is -0.385 e. The number of ether oxygens (including phenoxy) is 1. The summed E-state index contributed by atoms with van der Waals surface area (Å²) >= 11 is 4.82. The molecular weight excluding hydrogens is 376 g/mol. The Labute approximate surface area is 149 Å². The van der Waals surface area contributed by atoms with Crippen LogP contribution < -0.4 is 0 Å². The molecule has 0 aliphatic heterocycles. The van der Waals surface area contributed by atoms with Crippen LogP contribution in [-0.2, 0) is 11.3 Å². The number of thioether (sulfide) groups is 1. The van der Waals surface area contributed by atoms with E-state index in [9.17, 15) is 4.79 Å². The van der Waals surface area contributed by atoms with Crippen LogP contribution in [0.4, 0.5) is 0 Å². The molecule has 0 aliphatic carbocycles. The SMILES string of the molecule is COCCCn1c(C)cc(C(=O)CSc2ccc(Br)cn2)c1C. The van der Waals surface area contributed by atoms with E-state index in [0.717, 1.165) is 46.0 Å². The first-order valence-electron chi connectivity index (χ1n) is 7.46. The number of rotatable bonds is 8. The van der Waals surface area contributed by atoms with E-state index in [1.54, 1.807) is 13.3 Å². The highest BCUT2D eigenvalue weighted by Crippen LogP contribution is 2.22. The van der Waals surface area contributed by atoms with Crippen LogP contribution in [0.1, 0.15) is 28.2 Å². The molecule has 0 N–H and O–H groups in total. The number of hydrogen-bond acceptors (Lipinski definition) is 4. The quantitative estimate of drug-likeness (QED) is 0.379. The smallest absolute Gasteiger partial charge is 0.174 e. The lowest BCUT2D eigenvalue weighted by Crippen LogP contribution is -2.08. The van der Waals surface area contributed by atoms with Gasteiger partial charge in [-0.2, -0.15) is 0 Å². The largest absolute Gasteiger partial charge is 0.385 e. The van der Waals surface area contributed by atoms with Crippen LogP contribution in [0.3, 0.4) is 0 Å². The predicted molar refractivity (Wildman–Crippen MR) is 97.4 cm³/mol. The monoisotopic (exact) mass is 396 g/mol. The Kier molecular flexibility index (Phi) is 6.87. The zero-order chi connectivity index (χ0) is 16.8. The van der Waals surface area contributed by atoms with Crippen LogP contribution in [0.5, 0.6) is 0 Å². The van der Waals surface area contributed by atoms with E-state index >= 15 is 0 Å². The zero-order valence-corrected chi connectivity index (χ0v) is 16.0. The Bertz CT molecular complexity index is 668. The van der Waals surface area contributed by atoms with Gasteiger partial charge in [-0.1, -0.05) is 11.8 Å². The number of hydrogen-bond donors (Lipinski definition) is 0. The fourth-order valence-electron chi connectivity index (χ4n) is 2.46. The molecule has 4 nitrogen and oxygen atoms in total. The van der Waals surface area contributed by atoms with Crippen molar-refractivity contribution >= 4 is 33.5 Å². The van der Waals surface area contributed by atoms with Gasteiger partial charge in [0.05, 0.1) is 10.8 Å². The molecule has 0 fully saturated rings. The lowest BCUT2D eigenvalue weighted by Gasteiger charge is -2.09. The summed E-state index contributed by atoms with van der Waals surface area (Å²) in [6.45, 7) is 5.65. The first-order valence-corrected chi connectivity index (χ1v) is 9.24. The fraction of sp³-hybridized carbons (Fsp3) is 0.412. The Morgan fingerprint density at radius 2 is 2.17 bits per heavy atom. The summed E-state index contributed by atoms with van der Waals surface area (Å²) in [5.74, 6) is 0.544. The van der Waals surface area contributed by atoms with Gasteiger partial charge in [0.1, 0.15) is 0 Å². The Balaban J connectivity index is 2.01. The number of aromatic nitrogens is 2. The van der Waals surface area contributed by atoms with Gasteiger partial charge in [-0.25, -0.2) is 4.98 Å². The molecule has 124 valence electrons. The van der Waals surface area contributed by atoms with Crippen molar-refractivity contribution in [1.29, 1.82) is 0 Å². The van der Waals surface area contributed by atoms with Crippen LogP contribution in [-0.4, -0.2) is 34.8 Å². The van der Waals surface area contributed by atoms with Crippen molar-refractivity contribution in [2.75, 3.05) is 19.5 Å². The minimum atomic E-state index is 0.144. The first kappa shape index (κ1) is 18.2. The van der Waals surface area contributed by atoms with Crippen LogP contribution in [0.2, 0.25) is 0 Å². The number of aryl methyl sites for hydroxylation is 1. The first-order chi connectivity index (χ1) is 11.0. The van der Waals surface area contributed by atoms with E-state index in [-0.39, 0.29) is 5.78 Å². The van der Waals surface area contributed by atoms with E-state index in [0.29, 0.717) is 5.75 Å². The van der Waals surface area contributed by atoms with Crippen LogP contribution in [0.15, 0.2) is 33.9 Å². The van der Waals surface area contributed by atoms with Crippen LogP contribution in [0.25, 0.3) is 0 Å². The van der Waals surface area contributed by atoms with Crippen molar-refractivity contribution in [3.05, 3.63) is 45.8 Å². The van der Waals surface area contributed by atoms with Gasteiger partial charge in [-0.05, 0) is 54.4 Å². The second-order valence-electron chi connectivity index (χ2n) is 5.31. The maximum absolute atomic E-state index is 12.5. The van der Waals surface area contributed by atoms with Gasteiger partial charge in [0.25, 0.3) is 0 Å². The molecule has 0 saturated heterocycles. The summed E-state index contributed by atoms with van der Waals surface area (Å²) in [5.41, 5.74) is 2.96. The molecule has 0 spiro atoms. The molecule has 2 rings (SSSR count). The summed E-state index contributed by atoms with van der Waals surface area (Å²) in [7, 11) is 1.71. The highest BCUT2D eigenvalue weighted by Gasteiger charge is 2.16. The Morgan fingerprint density at radius 3 is 2.83 bits per heavy atom. The van der Waals surface area contributed by atoms with E-state index in [4.69, 9.17) is 4.74 Å². The average Bonchev–Trinajstić information content (AvgIpc) is 2.82. The third-order valence-electron chi connectivity index (χ3n) is 3.66. The summed E-state index contributed by atoms with van der Waals surface area (Å²) in [6.07, 6.45) is 2.69. The van der Waals surface area contributed by atoms with Gasteiger partial charge in [0.15, 0.2) is 5.78 Å². The van der Waals surface area contributed by atoms with Gasteiger partial charge >= 0.3 is 0 Å². The second-order valence-corrected chi connectivity index (χ2v) is 7.22. The van der Waals surface area contributed by atoms with E-state index in [1.165, 1.54) is 11.8 Å². The van der Waals surface area contributed by atoms with Crippen molar-refractivity contribution < 1.29 is 9.53 Å². The summed E-state index contributed by atoms with van der Waals surface area (Å²) in [5, 5.41) is 0.857. The van der Waals surface area contributed by atoms with E-state index < -0.39 is 0 Å². The molecule has 0 atom stereocenters. The van der Waals surface area contributed by atoms with Crippen molar-refractivity contribution in [3.8, 4) is 0 Å². The maximum Gasteiger partial charge on any atom is 0.174 e. The van der Waals surface area contributed by atoms with Gasteiger partial charge in [-0.15, -0.1) is 0 Å². The third-order valence-corrected chi connectivity index (χ3v) is 5.07. The number of pyridine rings is 1. The number of Topliss-reactive ketones (excluding diaryl/α,β-unsaturated/α-hetero) is 1. The predicted octanol–water partition coefficient (Wildman–Crippen LogP) is 4.27. The van der Waals surface area contributed by atoms with Crippen molar-refractivity contribution in [2.45, 2.75) is 31.8 Å². The highest BCUT2D eigenvalue weighted by atomic mass is 79.9. The summed E-state index contributed by atoms with van der Waals surface area (Å²) in [6, 6.07) is 5.83. The topological polar surface area (TPSA) is 44.1 Å². The number of nitrogens with zero attached hydrogens (tertiary/aromatic N) is 2. The zero-order valence-electron chi connectivity index (χ0n) is 13.6. The molecule has 2 aromatic heterocycles. The molecule has 0 bridgehead atoms. The molecule has 0 radical (unpaired) electrons. The van der Waals surface area contributed by atoms with Crippen LogP contribution in [0, 0.1) is 13.8 Å². The molecule has 23 heavy (non-hydrogen) atoms. The van der Waals surface area contributed by atoms with E-state index in [1.807, 2.05) is 32.0 Å². The molecule has 0 aliphatic rings. The molecule has 0 amide bonds. The average molecular weight is 397 g/mol. The van der Waals surface area contributed by atoms with Gasteiger partial charge in [0, 0.05) is 47.9 Å². The van der Waals surface area contributed by atoms with Gasteiger partial charge in [0.2, 0.25) is 0 Å². The van der Waals surface area contributed by atoms with Gasteiger partial charge in [-0.3, -0.25) is 4.79 Å². The maximum atomic E-state index is 12.5. The number of carbonyl (C=O) groups is 1. The Morgan fingerprint density at radius 1 is 1.39 bits per heavy atom. The number of carbonyl (C=O) groups excluding carboxylic acids is 1. The lowest BCUT2D eigenvalue weighted by molar-refractivity contribution is 0.102. The third kappa shape index (κ3) is 4.93. The minimum absolute atomic E-state index is 0.144. The van der Waals surface area contributed by atoms with Crippen molar-refractivity contribution in [2.24, 2.45) is 0 Å². The fourth-order valence-corrected chi connectivity index (χ4v) is 3.42. The van der Waals surface area contributed by atoms with Gasteiger partial charge < -0.3 is 9.30 Å². The second kappa shape index (κ2) is 8.66. The molecule has 2 aromatic rings. The number of ketones is 1. The van der Waals surface area contributed by atoms with Crippen molar-refractivity contribution in [1.82, 2.24) is 9.55 Å².